The van der Waals surface area contributed by atoms with Crippen LogP contribution < -0.4 is 4.74 Å². The quantitative estimate of drug-likeness (QED) is 0.312. The molecular formula is C24H20BrN3O2S. The number of ether oxygens (including phenoxy) is 2. The standard InChI is InChI=1S/C24H20BrN3O2S/c1-28-22(16-8-4-2-5-9-16)26-27-24(28)31-15-19-13-20(25)12-18-14-29-23(30-21(18)19)17-10-6-3-7-11-17/h2-13,23H,14-15H2,1H3/t23-/m1/s1. The van der Waals surface area contributed by atoms with Crippen LogP contribution in [0.25, 0.3) is 11.4 Å². The first-order valence-corrected chi connectivity index (χ1v) is 11.7. The second kappa shape index (κ2) is 8.86. The third-order valence-electron chi connectivity index (χ3n) is 5.12. The SMILES string of the molecule is Cn1c(SCc2cc(Br)cc3c2O[C@H](c2ccccc2)OC3)nnc1-c1ccccc1. The van der Waals surface area contributed by atoms with Gasteiger partial charge in [-0.1, -0.05) is 88.4 Å². The number of rotatable bonds is 5. The first-order chi connectivity index (χ1) is 15.2. The van der Waals surface area contributed by atoms with Crippen molar-refractivity contribution in [1.29, 1.82) is 0 Å². The van der Waals surface area contributed by atoms with Gasteiger partial charge in [-0.15, -0.1) is 10.2 Å². The van der Waals surface area contributed by atoms with Crippen molar-refractivity contribution >= 4 is 27.7 Å². The van der Waals surface area contributed by atoms with E-state index in [1.807, 2.05) is 72.3 Å². The molecule has 1 aliphatic heterocycles. The average Bonchev–Trinajstić information content (AvgIpc) is 3.18. The average molecular weight is 494 g/mol. The monoisotopic (exact) mass is 493 g/mol. The van der Waals surface area contributed by atoms with Gasteiger partial charge in [0.05, 0.1) is 6.61 Å². The molecule has 1 atom stereocenters. The molecule has 0 N–H and O–H groups in total. The first-order valence-electron chi connectivity index (χ1n) is 9.91. The van der Waals surface area contributed by atoms with Gasteiger partial charge >= 0.3 is 0 Å². The maximum absolute atomic E-state index is 6.30. The Bertz CT molecular complexity index is 1200. The molecule has 7 heteroatoms. The second-order valence-corrected chi connectivity index (χ2v) is 9.10. The van der Waals surface area contributed by atoms with Crippen LogP contribution in [0.4, 0.5) is 0 Å². The lowest BCUT2D eigenvalue weighted by molar-refractivity contribution is -0.111. The van der Waals surface area contributed by atoms with E-state index in [0.717, 1.165) is 43.5 Å². The fourth-order valence-electron chi connectivity index (χ4n) is 3.58. The molecule has 1 aliphatic rings. The Hall–Kier alpha value is -2.61. The third-order valence-corrected chi connectivity index (χ3v) is 6.64. The predicted molar refractivity (Wildman–Crippen MR) is 125 cm³/mol. The highest BCUT2D eigenvalue weighted by molar-refractivity contribution is 9.10. The molecule has 0 fully saturated rings. The zero-order chi connectivity index (χ0) is 21.2. The van der Waals surface area contributed by atoms with E-state index < -0.39 is 6.29 Å². The van der Waals surface area contributed by atoms with Crippen LogP contribution >= 0.6 is 27.7 Å². The minimum absolute atomic E-state index is 0.405. The summed E-state index contributed by atoms with van der Waals surface area (Å²) < 4.78 is 15.3. The highest BCUT2D eigenvalue weighted by Gasteiger charge is 2.25. The molecular weight excluding hydrogens is 474 g/mol. The minimum Gasteiger partial charge on any atom is -0.460 e. The fourth-order valence-corrected chi connectivity index (χ4v) is 5.01. The van der Waals surface area contributed by atoms with Gasteiger partial charge in [0.25, 0.3) is 0 Å². The van der Waals surface area contributed by atoms with Gasteiger partial charge in [-0.05, 0) is 12.1 Å². The molecule has 5 nitrogen and oxygen atoms in total. The predicted octanol–water partition coefficient (Wildman–Crippen LogP) is 6.14. The molecule has 31 heavy (non-hydrogen) atoms. The van der Waals surface area contributed by atoms with E-state index in [1.54, 1.807) is 11.8 Å². The van der Waals surface area contributed by atoms with Gasteiger partial charge in [0.1, 0.15) is 5.75 Å². The van der Waals surface area contributed by atoms with E-state index in [1.165, 1.54) is 0 Å². The zero-order valence-corrected chi connectivity index (χ0v) is 19.3. The molecule has 0 radical (unpaired) electrons. The van der Waals surface area contributed by atoms with Gasteiger partial charge in [0, 0.05) is 39.5 Å². The summed E-state index contributed by atoms with van der Waals surface area (Å²) in [7, 11) is 2.00. The molecule has 2 heterocycles. The summed E-state index contributed by atoms with van der Waals surface area (Å²) >= 11 is 5.27. The second-order valence-electron chi connectivity index (χ2n) is 7.24. The third kappa shape index (κ3) is 4.26. The van der Waals surface area contributed by atoms with Gasteiger partial charge in [-0.2, -0.15) is 0 Å². The van der Waals surface area contributed by atoms with E-state index in [0.29, 0.717) is 12.4 Å². The number of halogens is 1. The van der Waals surface area contributed by atoms with Crippen LogP contribution in [0, 0.1) is 0 Å². The zero-order valence-electron chi connectivity index (χ0n) is 16.9. The smallest absolute Gasteiger partial charge is 0.227 e. The van der Waals surface area contributed by atoms with Gasteiger partial charge in [-0.25, -0.2) is 0 Å². The van der Waals surface area contributed by atoms with Crippen LogP contribution in [0.5, 0.6) is 5.75 Å². The van der Waals surface area contributed by atoms with E-state index in [4.69, 9.17) is 9.47 Å². The fraction of sp³-hybridized carbons (Fsp3) is 0.167. The lowest BCUT2D eigenvalue weighted by atomic mass is 10.1. The number of benzene rings is 3. The number of hydrogen-bond acceptors (Lipinski definition) is 5. The highest BCUT2D eigenvalue weighted by atomic mass is 79.9. The minimum atomic E-state index is -0.405. The molecule has 0 spiro atoms. The van der Waals surface area contributed by atoms with Crippen LogP contribution in [0.3, 0.4) is 0 Å². The summed E-state index contributed by atoms with van der Waals surface area (Å²) in [4.78, 5) is 0. The molecule has 156 valence electrons. The van der Waals surface area contributed by atoms with Gasteiger partial charge in [-0.3, -0.25) is 0 Å². The Morgan fingerprint density at radius 3 is 2.55 bits per heavy atom. The van der Waals surface area contributed by atoms with E-state index in [-0.39, 0.29) is 0 Å². The van der Waals surface area contributed by atoms with E-state index >= 15 is 0 Å². The molecule has 5 rings (SSSR count). The van der Waals surface area contributed by atoms with Crippen LogP contribution in [-0.2, 0) is 24.1 Å². The summed E-state index contributed by atoms with van der Waals surface area (Å²) in [6.07, 6.45) is -0.405. The van der Waals surface area contributed by atoms with Gasteiger partial charge < -0.3 is 14.0 Å². The highest BCUT2D eigenvalue weighted by Crippen LogP contribution is 2.40. The van der Waals surface area contributed by atoms with Crippen molar-refractivity contribution in [2.24, 2.45) is 7.05 Å². The summed E-state index contributed by atoms with van der Waals surface area (Å²) in [6, 6.07) is 24.3. The molecule has 0 unspecified atom stereocenters. The van der Waals surface area contributed by atoms with Crippen molar-refractivity contribution in [3.05, 3.63) is 94.0 Å². The number of aromatic nitrogens is 3. The summed E-state index contributed by atoms with van der Waals surface area (Å²) in [5.41, 5.74) is 4.20. The molecule has 0 bridgehead atoms. The molecule has 3 aromatic carbocycles. The number of fused-ring (bicyclic) bond motifs is 1. The molecule has 0 aliphatic carbocycles. The number of thioether (sulfide) groups is 1. The summed E-state index contributed by atoms with van der Waals surface area (Å²) in [6.45, 7) is 0.508. The van der Waals surface area contributed by atoms with Crippen molar-refractivity contribution in [1.82, 2.24) is 14.8 Å². The van der Waals surface area contributed by atoms with Gasteiger partial charge in [0.2, 0.25) is 6.29 Å². The Balaban J connectivity index is 1.39. The Labute approximate surface area is 193 Å². The Kier molecular flexibility index (Phi) is 5.80. The lowest BCUT2D eigenvalue weighted by Crippen LogP contribution is -2.19. The van der Waals surface area contributed by atoms with Crippen LogP contribution in [0.2, 0.25) is 0 Å². The topological polar surface area (TPSA) is 49.2 Å². The maximum atomic E-state index is 6.30. The summed E-state index contributed by atoms with van der Waals surface area (Å²) in [5.74, 6) is 2.46. The lowest BCUT2D eigenvalue weighted by Gasteiger charge is -2.28. The van der Waals surface area contributed by atoms with Crippen molar-refractivity contribution in [2.75, 3.05) is 0 Å². The van der Waals surface area contributed by atoms with Crippen molar-refractivity contribution in [3.8, 4) is 17.1 Å². The number of hydrogen-bond donors (Lipinski definition) is 0. The first kappa shape index (κ1) is 20.3. The molecule has 1 aromatic heterocycles. The molecule has 4 aromatic rings. The van der Waals surface area contributed by atoms with Gasteiger partial charge in [0.15, 0.2) is 11.0 Å². The summed E-state index contributed by atoms with van der Waals surface area (Å²) in [5, 5.41) is 9.65. The van der Waals surface area contributed by atoms with E-state index in [9.17, 15) is 0 Å². The Morgan fingerprint density at radius 1 is 1.03 bits per heavy atom. The molecule has 0 saturated heterocycles. The Morgan fingerprint density at radius 2 is 1.77 bits per heavy atom. The molecule has 0 amide bonds. The largest absolute Gasteiger partial charge is 0.460 e. The van der Waals surface area contributed by atoms with Crippen molar-refractivity contribution < 1.29 is 9.47 Å². The van der Waals surface area contributed by atoms with Crippen LogP contribution in [-0.4, -0.2) is 14.8 Å². The number of nitrogens with zero attached hydrogens (tertiary/aromatic N) is 3. The van der Waals surface area contributed by atoms with Crippen molar-refractivity contribution in [3.63, 3.8) is 0 Å². The van der Waals surface area contributed by atoms with E-state index in [2.05, 4.69) is 38.3 Å². The van der Waals surface area contributed by atoms with Crippen LogP contribution in [0.15, 0.2) is 82.4 Å². The van der Waals surface area contributed by atoms with Crippen molar-refractivity contribution in [2.45, 2.75) is 23.8 Å². The van der Waals surface area contributed by atoms with Crippen LogP contribution in [0.1, 0.15) is 23.0 Å². The molecule has 0 saturated carbocycles. The normalized spacial score (nSPS) is 15.4. The maximum Gasteiger partial charge on any atom is 0.227 e.